The first-order chi connectivity index (χ1) is 13.0. The summed E-state index contributed by atoms with van der Waals surface area (Å²) < 4.78 is 5.94. The van der Waals surface area contributed by atoms with Crippen LogP contribution >= 0.6 is 0 Å². The van der Waals surface area contributed by atoms with E-state index < -0.39 is 5.97 Å². The number of ether oxygens (including phenoxy) is 1. The molecular formula is C21H24N2O4. The minimum Gasteiger partial charge on any atom is -0.488 e. The van der Waals surface area contributed by atoms with Crippen molar-refractivity contribution in [1.82, 2.24) is 9.88 Å². The molecule has 2 heterocycles. The number of aromatic nitrogens is 1. The third-order valence-corrected chi connectivity index (χ3v) is 4.86. The normalized spacial score (nSPS) is 16.4. The standard InChI is InChI=1S/C21H24N2O4/c1-14-9-17(21(26)23-8-4-6-18(23)11-19(24)25)10-15(2)20(14)27-13-16-5-3-7-22-12-16/h3,5,7,9-10,12,18H,4,6,8,11,13H2,1-2H3,(H,24,25). The van der Waals surface area contributed by atoms with E-state index in [1.54, 1.807) is 17.3 Å². The third-order valence-electron chi connectivity index (χ3n) is 4.86. The van der Waals surface area contributed by atoms with Crippen LogP contribution in [0.3, 0.4) is 0 Å². The number of carbonyl (C=O) groups is 2. The Balaban J connectivity index is 1.75. The maximum Gasteiger partial charge on any atom is 0.305 e. The number of likely N-dealkylation sites (tertiary alicyclic amines) is 1. The van der Waals surface area contributed by atoms with Crippen LogP contribution in [0, 0.1) is 13.8 Å². The van der Waals surface area contributed by atoms with Gasteiger partial charge in [0.25, 0.3) is 5.91 Å². The Bertz CT molecular complexity index is 812. The molecule has 142 valence electrons. The van der Waals surface area contributed by atoms with E-state index in [0.717, 1.165) is 35.3 Å². The number of amides is 1. The number of nitrogens with zero attached hydrogens (tertiary/aromatic N) is 2. The lowest BCUT2D eigenvalue weighted by Gasteiger charge is -2.24. The van der Waals surface area contributed by atoms with Crippen LogP contribution in [0.2, 0.25) is 0 Å². The summed E-state index contributed by atoms with van der Waals surface area (Å²) in [4.78, 5) is 29.7. The van der Waals surface area contributed by atoms with E-state index in [9.17, 15) is 9.59 Å². The zero-order valence-corrected chi connectivity index (χ0v) is 15.6. The molecule has 2 aromatic rings. The van der Waals surface area contributed by atoms with Crippen LogP contribution in [0.4, 0.5) is 0 Å². The molecule has 0 aliphatic carbocycles. The van der Waals surface area contributed by atoms with Gasteiger partial charge in [0.05, 0.1) is 6.42 Å². The molecule has 0 bridgehead atoms. The van der Waals surface area contributed by atoms with Crippen LogP contribution in [-0.4, -0.2) is 39.5 Å². The Kier molecular flexibility index (Phi) is 5.74. The molecule has 27 heavy (non-hydrogen) atoms. The summed E-state index contributed by atoms with van der Waals surface area (Å²) in [7, 11) is 0. The summed E-state index contributed by atoms with van der Waals surface area (Å²) in [5.41, 5.74) is 3.33. The zero-order chi connectivity index (χ0) is 19.4. The van der Waals surface area contributed by atoms with Gasteiger partial charge in [-0.2, -0.15) is 0 Å². The van der Waals surface area contributed by atoms with E-state index >= 15 is 0 Å². The second-order valence-electron chi connectivity index (χ2n) is 6.98. The first kappa shape index (κ1) is 18.9. The van der Waals surface area contributed by atoms with Gasteiger partial charge in [-0.3, -0.25) is 14.6 Å². The highest BCUT2D eigenvalue weighted by Crippen LogP contribution is 2.28. The summed E-state index contributed by atoms with van der Waals surface area (Å²) in [5.74, 6) is -0.214. The van der Waals surface area contributed by atoms with Crippen molar-refractivity contribution in [3.05, 3.63) is 58.9 Å². The lowest BCUT2D eigenvalue weighted by molar-refractivity contribution is -0.137. The smallest absolute Gasteiger partial charge is 0.305 e. The molecule has 1 atom stereocenters. The topological polar surface area (TPSA) is 79.7 Å². The highest BCUT2D eigenvalue weighted by molar-refractivity contribution is 5.95. The second-order valence-corrected chi connectivity index (χ2v) is 6.98. The summed E-state index contributed by atoms with van der Waals surface area (Å²) in [5, 5.41) is 9.06. The van der Waals surface area contributed by atoms with E-state index in [2.05, 4.69) is 4.98 Å². The Morgan fingerprint density at radius 1 is 1.30 bits per heavy atom. The number of hydrogen-bond acceptors (Lipinski definition) is 4. The fourth-order valence-electron chi connectivity index (χ4n) is 3.62. The number of benzene rings is 1. The van der Waals surface area contributed by atoms with Crippen molar-refractivity contribution < 1.29 is 19.4 Å². The molecule has 1 amide bonds. The fourth-order valence-corrected chi connectivity index (χ4v) is 3.62. The van der Waals surface area contributed by atoms with Gasteiger partial charge in [0, 0.05) is 36.1 Å². The third kappa shape index (κ3) is 4.45. The molecule has 0 spiro atoms. The maximum absolute atomic E-state index is 12.9. The Morgan fingerprint density at radius 2 is 2.04 bits per heavy atom. The van der Waals surface area contributed by atoms with Gasteiger partial charge in [-0.25, -0.2) is 0 Å². The fraction of sp³-hybridized carbons (Fsp3) is 0.381. The maximum atomic E-state index is 12.9. The van der Waals surface area contributed by atoms with Crippen molar-refractivity contribution >= 4 is 11.9 Å². The first-order valence-corrected chi connectivity index (χ1v) is 9.11. The molecule has 1 unspecified atom stereocenters. The van der Waals surface area contributed by atoms with Crippen molar-refractivity contribution in [3.63, 3.8) is 0 Å². The average molecular weight is 368 g/mol. The van der Waals surface area contributed by atoms with Gasteiger partial charge in [0.1, 0.15) is 12.4 Å². The van der Waals surface area contributed by atoms with E-state index in [-0.39, 0.29) is 18.4 Å². The summed E-state index contributed by atoms with van der Waals surface area (Å²) in [6.07, 6.45) is 5.06. The van der Waals surface area contributed by atoms with E-state index in [0.29, 0.717) is 18.7 Å². The Morgan fingerprint density at radius 3 is 2.67 bits per heavy atom. The monoisotopic (exact) mass is 368 g/mol. The predicted octanol–water partition coefficient (Wildman–Crippen LogP) is 3.36. The highest BCUT2D eigenvalue weighted by Gasteiger charge is 2.31. The van der Waals surface area contributed by atoms with Crippen LogP contribution in [0.25, 0.3) is 0 Å². The minimum absolute atomic E-state index is 0.00396. The molecule has 3 rings (SSSR count). The predicted molar refractivity (Wildman–Crippen MR) is 101 cm³/mol. The number of hydrogen-bond donors (Lipinski definition) is 1. The van der Waals surface area contributed by atoms with Crippen LogP contribution in [-0.2, 0) is 11.4 Å². The van der Waals surface area contributed by atoms with Gasteiger partial charge < -0.3 is 14.7 Å². The highest BCUT2D eigenvalue weighted by atomic mass is 16.5. The van der Waals surface area contributed by atoms with E-state index in [1.807, 2.05) is 38.1 Å². The SMILES string of the molecule is Cc1cc(C(=O)N2CCCC2CC(=O)O)cc(C)c1OCc1cccnc1. The second kappa shape index (κ2) is 8.20. The number of rotatable bonds is 6. The van der Waals surface area contributed by atoms with Crippen molar-refractivity contribution in [2.75, 3.05) is 6.54 Å². The Labute approximate surface area is 158 Å². The zero-order valence-electron chi connectivity index (χ0n) is 15.6. The molecular weight excluding hydrogens is 344 g/mol. The quantitative estimate of drug-likeness (QED) is 0.846. The van der Waals surface area contributed by atoms with Crippen LogP contribution in [0.1, 0.15) is 46.3 Å². The lowest BCUT2D eigenvalue weighted by atomic mass is 10.0. The number of aliphatic carboxylic acids is 1. The van der Waals surface area contributed by atoms with Gasteiger partial charge in [0.15, 0.2) is 0 Å². The van der Waals surface area contributed by atoms with Crippen molar-refractivity contribution in [1.29, 1.82) is 0 Å². The molecule has 1 aromatic carbocycles. The van der Waals surface area contributed by atoms with Crippen LogP contribution < -0.4 is 4.74 Å². The minimum atomic E-state index is -0.869. The largest absolute Gasteiger partial charge is 0.488 e. The van der Waals surface area contributed by atoms with Gasteiger partial charge in [-0.1, -0.05) is 6.07 Å². The Hall–Kier alpha value is -2.89. The molecule has 1 saturated heterocycles. The molecule has 1 fully saturated rings. The van der Waals surface area contributed by atoms with Gasteiger partial charge in [-0.05, 0) is 56.0 Å². The molecule has 6 heteroatoms. The molecule has 0 radical (unpaired) electrons. The van der Waals surface area contributed by atoms with E-state index in [1.165, 1.54) is 0 Å². The van der Waals surface area contributed by atoms with Gasteiger partial charge >= 0.3 is 5.97 Å². The number of aryl methyl sites for hydroxylation is 2. The molecule has 6 nitrogen and oxygen atoms in total. The van der Waals surface area contributed by atoms with Gasteiger partial charge in [0.2, 0.25) is 0 Å². The van der Waals surface area contributed by atoms with Crippen molar-refractivity contribution in [2.24, 2.45) is 0 Å². The van der Waals surface area contributed by atoms with Gasteiger partial charge in [-0.15, -0.1) is 0 Å². The molecule has 0 saturated carbocycles. The summed E-state index contributed by atoms with van der Waals surface area (Å²) in [6.45, 7) is 4.85. The number of pyridine rings is 1. The van der Waals surface area contributed by atoms with Crippen molar-refractivity contribution in [2.45, 2.75) is 45.8 Å². The number of carboxylic acids is 1. The molecule has 1 aliphatic heterocycles. The number of carboxylic acid groups (broad SMARTS) is 1. The molecule has 1 aliphatic rings. The average Bonchev–Trinajstić information content (AvgIpc) is 3.08. The summed E-state index contributed by atoms with van der Waals surface area (Å²) >= 11 is 0. The number of carbonyl (C=O) groups excluding carboxylic acids is 1. The lowest BCUT2D eigenvalue weighted by Crippen LogP contribution is -2.36. The summed E-state index contributed by atoms with van der Waals surface area (Å²) in [6, 6.07) is 7.24. The molecule has 1 aromatic heterocycles. The van der Waals surface area contributed by atoms with Crippen molar-refractivity contribution in [3.8, 4) is 5.75 Å². The van der Waals surface area contributed by atoms with E-state index in [4.69, 9.17) is 9.84 Å². The van der Waals surface area contributed by atoms with Crippen LogP contribution in [0.15, 0.2) is 36.7 Å². The van der Waals surface area contributed by atoms with Crippen LogP contribution in [0.5, 0.6) is 5.75 Å². The first-order valence-electron chi connectivity index (χ1n) is 9.11. The molecule has 1 N–H and O–H groups in total.